The van der Waals surface area contributed by atoms with Crippen molar-refractivity contribution in [2.75, 3.05) is 39.6 Å². The average Bonchev–Trinajstić information content (AvgIpc) is 1.07. The molecule has 0 rings (SSSR count). The minimum absolute atomic E-state index is 0.105. The fourth-order valence-electron chi connectivity index (χ4n) is 12.3. The van der Waals surface area contributed by atoms with Crippen LogP contribution in [0.5, 0.6) is 0 Å². The summed E-state index contributed by atoms with van der Waals surface area (Å²) in [6.07, 6.45) is 58.2. The molecule has 0 amide bonds. The van der Waals surface area contributed by atoms with Crippen molar-refractivity contribution in [2.24, 2.45) is 17.8 Å². The molecule has 0 heterocycles. The van der Waals surface area contributed by atoms with Crippen LogP contribution in [0, 0.1) is 17.8 Å². The van der Waals surface area contributed by atoms with E-state index in [0.717, 1.165) is 108 Å². The Morgan fingerprint density at radius 3 is 0.768 bits per heavy atom. The fourth-order valence-corrected chi connectivity index (χ4v) is 13.9. The maximum absolute atomic E-state index is 13.1. The van der Waals surface area contributed by atoms with E-state index in [0.29, 0.717) is 25.7 Å². The van der Waals surface area contributed by atoms with Crippen LogP contribution in [0.25, 0.3) is 0 Å². The van der Waals surface area contributed by atoms with Crippen molar-refractivity contribution in [3.8, 4) is 0 Å². The molecule has 17 nitrogen and oxygen atoms in total. The van der Waals surface area contributed by atoms with Crippen molar-refractivity contribution >= 4 is 39.5 Å². The quantitative estimate of drug-likeness (QED) is 0.0222. The van der Waals surface area contributed by atoms with Gasteiger partial charge in [0.1, 0.15) is 19.3 Å². The molecule has 0 saturated carbocycles. The van der Waals surface area contributed by atoms with Gasteiger partial charge in [-0.25, -0.2) is 9.13 Å². The number of esters is 4. The number of phosphoric acid groups is 2. The zero-order chi connectivity index (χ0) is 73.0. The van der Waals surface area contributed by atoms with Crippen LogP contribution in [0.3, 0.4) is 0 Å². The largest absolute Gasteiger partial charge is 0.472 e. The molecule has 19 heteroatoms. The van der Waals surface area contributed by atoms with Gasteiger partial charge in [0.15, 0.2) is 12.2 Å². The molecule has 0 aromatic rings. The van der Waals surface area contributed by atoms with Gasteiger partial charge >= 0.3 is 39.5 Å². The second kappa shape index (κ2) is 70.4. The summed E-state index contributed by atoms with van der Waals surface area (Å²) in [5.74, 6) is 0.259. The predicted molar refractivity (Wildman–Crippen MR) is 405 cm³/mol. The van der Waals surface area contributed by atoms with E-state index in [-0.39, 0.29) is 25.7 Å². The average molecular weight is 1450 g/mol. The molecule has 6 atom stereocenters. The number of unbranched alkanes of at least 4 members (excludes halogenated alkanes) is 45. The molecular formula is C80H156O17P2. The molecule has 0 spiro atoms. The highest BCUT2D eigenvalue weighted by atomic mass is 31.2. The van der Waals surface area contributed by atoms with Gasteiger partial charge in [-0.15, -0.1) is 0 Å². The molecule has 3 unspecified atom stereocenters. The Labute approximate surface area is 607 Å². The molecular weight excluding hydrogens is 1290 g/mol. The maximum Gasteiger partial charge on any atom is 0.472 e. The summed E-state index contributed by atoms with van der Waals surface area (Å²) in [5, 5.41) is 10.6. The van der Waals surface area contributed by atoms with Gasteiger partial charge in [0.25, 0.3) is 0 Å². The van der Waals surface area contributed by atoms with Crippen LogP contribution in [0.2, 0.25) is 0 Å². The first kappa shape index (κ1) is 97.1. The number of hydrogen-bond donors (Lipinski definition) is 3. The van der Waals surface area contributed by atoms with E-state index < -0.39 is 97.5 Å². The summed E-state index contributed by atoms with van der Waals surface area (Å²) in [6, 6.07) is 0. The van der Waals surface area contributed by atoms with Gasteiger partial charge in [-0.3, -0.25) is 37.3 Å². The minimum atomic E-state index is -4.96. The number of carbonyl (C=O) groups excluding carboxylic acids is 4. The van der Waals surface area contributed by atoms with E-state index in [9.17, 15) is 43.2 Å². The zero-order valence-corrected chi connectivity index (χ0v) is 66.8. The highest BCUT2D eigenvalue weighted by Gasteiger charge is 2.30. The molecule has 0 saturated heterocycles. The molecule has 0 aliphatic carbocycles. The molecule has 99 heavy (non-hydrogen) atoms. The van der Waals surface area contributed by atoms with Crippen molar-refractivity contribution < 1.29 is 80.2 Å². The van der Waals surface area contributed by atoms with Crippen molar-refractivity contribution in [2.45, 2.75) is 433 Å². The van der Waals surface area contributed by atoms with Crippen LogP contribution in [-0.2, 0) is 65.4 Å². The van der Waals surface area contributed by atoms with E-state index in [4.69, 9.17) is 37.0 Å². The topological polar surface area (TPSA) is 237 Å². The molecule has 0 radical (unpaired) electrons. The van der Waals surface area contributed by atoms with Gasteiger partial charge < -0.3 is 33.8 Å². The predicted octanol–water partition coefficient (Wildman–Crippen LogP) is 23.7. The first-order valence-corrected chi connectivity index (χ1v) is 44.4. The van der Waals surface area contributed by atoms with Gasteiger partial charge in [-0.1, -0.05) is 363 Å². The number of aliphatic hydroxyl groups excluding tert-OH is 1. The van der Waals surface area contributed by atoms with Crippen LogP contribution in [-0.4, -0.2) is 96.7 Å². The van der Waals surface area contributed by atoms with Gasteiger partial charge in [0.05, 0.1) is 26.4 Å². The number of hydrogen-bond acceptors (Lipinski definition) is 15. The van der Waals surface area contributed by atoms with E-state index in [2.05, 4.69) is 48.5 Å². The molecule has 0 fully saturated rings. The third-order valence-corrected chi connectivity index (χ3v) is 20.9. The lowest BCUT2D eigenvalue weighted by atomic mass is 9.99. The Morgan fingerprint density at radius 1 is 0.293 bits per heavy atom. The smallest absolute Gasteiger partial charge is 0.462 e. The number of carbonyl (C=O) groups is 4. The van der Waals surface area contributed by atoms with Gasteiger partial charge in [0.2, 0.25) is 0 Å². The normalized spacial score (nSPS) is 14.3. The minimum Gasteiger partial charge on any atom is -0.462 e. The van der Waals surface area contributed by atoms with E-state index in [1.165, 1.54) is 225 Å². The first-order valence-electron chi connectivity index (χ1n) is 41.4. The standard InChI is InChI=1S/C80H156O17P2/c1-8-10-11-12-13-14-25-32-40-47-54-61-77(82)90-68-76(97-80(85)64-57-50-43-36-35-39-46-53-60-73(7)9-2)70-95-99(88,89)93-66-74(81)65-92-98(86,87)94-69-75(67-91-78(83)62-55-48-41-33-28-24-23-27-31-38-45-52-59-72(5)6)96-79(84)63-56-49-42-34-29-22-20-18-16-15-17-19-21-26-30-37-44-51-58-71(3)4/h71-76,81H,8-70H2,1-7H3,(H,86,87)(H,88,89)/t73?,74-,75-,76-/m1/s1. The van der Waals surface area contributed by atoms with Gasteiger partial charge in [-0.05, 0) is 43.4 Å². The number of ether oxygens (including phenoxy) is 4. The highest BCUT2D eigenvalue weighted by Crippen LogP contribution is 2.45. The van der Waals surface area contributed by atoms with Crippen LogP contribution < -0.4 is 0 Å². The summed E-state index contributed by atoms with van der Waals surface area (Å²) >= 11 is 0. The van der Waals surface area contributed by atoms with Crippen molar-refractivity contribution in [3.05, 3.63) is 0 Å². The van der Waals surface area contributed by atoms with Crippen molar-refractivity contribution in [1.29, 1.82) is 0 Å². The van der Waals surface area contributed by atoms with Crippen molar-refractivity contribution in [3.63, 3.8) is 0 Å². The SMILES string of the molecule is CCCCCCCCCCCCCC(=O)OC[C@H](COP(=O)(O)OC[C@H](O)COP(=O)(O)OC[C@@H](COC(=O)CCCCCCCCCCCCCCC(C)C)OC(=O)CCCCCCCCCCCCCCCCCCCCC(C)C)OC(=O)CCCCCCCCCCC(C)CC. The van der Waals surface area contributed by atoms with E-state index in [1.54, 1.807) is 0 Å². The Balaban J connectivity index is 5.23. The lowest BCUT2D eigenvalue weighted by Crippen LogP contribution is -2.30. The number of rotatable bonds is 78. The van der Waals surface area contributed by atoms with Gasteiger partial charge in [0, 0.05) is 25.7 Å². The van der Waals surface area contributed by atoms with Crippen LogP contribution in [0.15, 0.2) is 0 Å². The second-order valence-electron chi connectivity index (χ2n) is 30.0. The first-order chi connectivity index (χ1) is 47.8. The van der Waals surface area contributed by atoms with E-state index >= 15 is 0 Å². The number of phosphoric ester groups is 2. The lowest BCUT2D eigenvalue weighted by molar-refractivity contribution is -0.161. The second-order valence-corrected chi connectivity index (χ2v) is 32.9. The molecule has 588 valence electrons. The Morgan fingerprint density at radius 2 is 0.515 bits per heavy atom. The van der Waals surface area contributed by atoms with Crippen LogP contribution in [0.4, 0.5) is 0 Å². The Hall–Kier alpha value is -1.94. The number of aliphatic hydroxyl groups is 1. The molecule has 0 aliphatic heterocycles. The van der Waals surface area contributed by atoms with Crippen LogP contribution >= 0.6 is 15.6 Å². The Bertz CT molecular complexity index is 1920. The summed E-state index contributed by atoms with van der Waals surface area (Å²) < 4.78 is 68.7. The fraction of sp³-hybridized carbons (Fsp3) is 0.950. The molecule has 0 aromatic heterocycles. The summed E-state index contributed by atoms with van der Waals surface area (Å²) in [4.78, 5) is 73.0. The van der Waals surface area contributed by atoms with E-state index in [1.807, 2.05) is 0 Å². The van der Waals surface area contributed by atoms with Crippen LogP contribution in [0.1, 0.15) is 414 Å². The summed E-state index contributed by atoms with van der Waals surface area (Å²) in [7, 11) is -9.92. The lowest BCUT2D eigenvalue weighted by Gasteiger charge is -2.21. The zero-order valence-electron chi connectivity index (χ0n) is 65.0. The third kappa shape index (κ3) is 72.8. The monoisotopic (exact) mass is 1450 g/mol. The Kier molecular flexibility index (Phi) is 69.0. The maximum atomic E-state index is 13.1. The third-order valence-electron chi connectivity index (χ3n) is 19.0. The summed E-state index contributed by atoms with van der Waals surface area (Å²) in [5.41, 5.74) is 0. The molecule has 0 bridgehead atoms. The van der Waals surface area contributed by atoms with Gasteiger partial charge in [-0.2, -0.15) is 0 Å². The summed E-state index contributed by atoms with van der Waals surface area (Å²) in [6.45, 7) is 12.0. The molecule has 0 aromatic carbocycles. The highest BCUT2D eigenvalue weighted by molar-refractivity contribution is 7.47. The van der Waals surface area contributed by atoms with Crippen molar-refractivity contribution in [1.82, 2.24) is 0 Å². The molecule has 0 aliphatic rings. The molecule has 3 N–H and O–H groups in total.